The summed E-state index contributed by atoms with van der Waals surface area (Å²) in [7, 11) is -3.23. The highest BCUT2D eigenvalue weighted by Crippen LogP contribution is 2.34. The van der Waals surface area contributed by atoms with Gasteiger partial charge in [-0.15, -0.1) is 0 Å². The van der Waals surface area contributed by atoms with Gasteiger partial charge in [-0.2, -0.15) is 0 Å². The molecule has 7 heteroatoms. The lowest BCUT2D eigenvalue weighted by Gasteiger charge is -2.18. The Kier molecular flexibility index (Phi) is 3.71. The molecule has 1 aliphatic heterocycles. The molecule has 2 aliphatic rings. The van der Waals surface area contributed by atoms with Crippen molar-refractivity contribution in [1.29, 1.82) is 0 Å². The molecule has 3 rings (SSSR count). The van der Waals surface area contributed by atoms with Crippen molar-refractivity contribution in [2.45, 2.75) is 25.7 Å². The van der Waals surface area contributed by atoms with Gasteiger partial charge < -0.3 is 0 Å². The number of nitro groups is 1. The molecule has 1 aromatic carbocycles. The van der Waals surface area contributed by atoms with Gasteiger partial charge in [0, 0.05) is 24.7 Å². The van der Waals surface area contributed by atoms with E-state index >= 15 is 0 Å². The van der Waals surface area contributed by atoms with E-state index in [-0.39, 0.29) is 22.3 Å². The molecular weight excluding hydrogens is 292 g/mol. The van der Waals surface area contributed by atoms with Crippen LogP contribution in [-0.4, -0.2) is 36.5 Å². The average molecular weight is 310 g/mol. The smallest absolute Gasteiger partial charge is 0.258 e. The first-order valence-corrected chi connectivity index (χ1v) is 8.81. The minimum absolute atomic E-state index is 0.0494. The van der Waals surface area contributed by atoms with Crippen molar-refractivity contribution in [2.24, 2.45) is 5.92 Å². The van der Waals surface area contributed by atoms with Crippen LogP contribution in [0.3, 0.4) is 0 Å². The molecule has 6 nitrogen and oxygen atoms in total. The molecule has 1 fully saturated rings. The summed E-state index contributed by atoms with van der Waals surface area (Å²) in [6, 6.07) is 5.04. The fourth-order valence-electron chi connectivity index (χ4n) is 3.38. The third-order valence-corrected chi connectivity index (χ3v) is 6.40. The summed E-state index contributed by atoms with van der Waals surface area (Å²) in [4.78, 5) is 10.7. The summed E-state index contributed by atoms with van der Waals surface area (Å²) < 4.78 is 26.3. The molecule has 0 radical (unpaired) electrons. The van der Waals surface area contributed by atoms with Crippen LogP contribution in [0.4, 0.5) is 5.69 Å². The highest BCUT2D eigenvalue weighted by molar-refractivity contribution is 7.89. The maximum atomic E-state index is 12.4. The van der Waals surface area contributed by atoms with Gasteiger partial charge in [0.05, 0.1) is 10.7 Å². The number of benzene rings is 1. The number of fused-ring (bicyclic) bond motifs is 1. The zero-order chi connectivity index (χ0) is 15.0. The van der Waals surface area contributed by atoms with E-state index in [9.17, 15) is 18.5 Å². The molecule has 0 saturated carbocycles. The molecule has 0 bridgehead atoms. The first kappa shape index (κ1) is 14.5. The first-order valence-electron chi connectivity index (χ1n) is 7.20. The Morgan fingerprint density at radius 3 is 2.62 bits per heavy atom. The molecule has 114 valence electrons. The van der Waals surface area contributed by atoms with Crippen LogP contribution < -0.4 is 0 Å². The predicted molar refractivity (Wildman–Crippen MR) is 78.6 cm³/mol. The summed E-state index contributed by atoms with van der Waals surface area (Å²) in [6.45, 7) is 1.23. The van der Waals surface area contributed by atoms with Crippen LogP contribution >= 0.6 is 0 Å². The normalized spacial score (nSPS) is 22.4. The van der Waals surface area contributed by atoms with E-state index < -0.39 is 10.0 Å². The molecule has 1 saturated heterocycles. The van der Waals surface area contributed by atoms with Crippen molar-refractivity contribution in [2.75, 3.05) is 18.8 Å². The van der Waals surface area contributed by atoms with Gasteiger partial charge in [-0.1, -0.05) is 12.1 Å². The van der Waals surface area contributed by atoms with Gasteiger partial charge in [0.25, 0.3) is 5.69 Å². The standard InChI is InChI=1S/C14H18N2O4S/c17-16(18)14-5-3-4-12-8-11(9-13(12)14)10-21(19,20)15-6-1-2-7-15/h3-5,11H,1-2,6-10H2/t11-/m1/s1. The van der Waals surface area contributed by atoms with Crippen LogP contribution in [0.15, 0.2) is 18.2 Å². The largest absolute Gasteiger partial charge is 0.272 e. The Morgan fingerprint density at radius 1 is 1.24 bits per heavy atom. The molecule has 1 aromatic rings. The van der Waals surface area contributed by atoms with Gasteiger partial charge in [-0.3, -0.25) is 10.1 Å². The third kappa shape index (κ3) is 2.80. The summed E-state index contributed by atoms with van der Waals surface area (Å²) in [5.74, 6) is 0.0467. The zero-order valence-corrected chi connectivity index (χ0v) is 12.5. The summed E-state index contributed by atoms with van der Waals surface area (Å²) in [5.41, 5.74) is 1.75. The van der Waals surface area contributed by atoms with Gasteiger partial charge in [0.2, 0.25) is 10.0 Å². The minimum Gasteiger partial charge on any atom is -0.258 e. The van der Waals surface area contributed by atoms with Crippen molar-refractivity contribution in [3.63, 3.8) is 0 Å². The van der Waals surface area contributed by atoms with E-state index in [2.05, 4.69) is 0 Å². The van der Waals surface area contributed by atoms with E-state index in [4.69, 9.17) is 0 Å². The van der Waals surface area contributed by atoms with E-state index in [0.29, 0.717) is 31.5 Å². The summed E-state index contributed by atoms with van der Waals surface area (Å²) >= 11 is 0. The molecule has 0 amide bonds. The maximum absolute atomic E-state index is 12.4. The molecule has 0 N–H and O–H groups in total. The van der Waals surface area contributed by atoms with E-state index in [0.717, 1.165) is 18.4 Å². The van der Waals surface area contributed by atoms with Crippen LogP contribution in [0.25, 0.3) is 0 Å². The summed E-state index contributed by atoms with van der Waals surface area (Å²) in [5, 5.41) is 11.0. The predicted octanol–water partition coefficient (Wildman–Crippen LogP) is 1.74. The van der Waals surface area contributed by atoms with Crippen LogP contribution in [0.5, 0.6) is 0 Å². The SMILES string of the molecule is O=[N+]([O-])c1cccc2c1C[C@H](CS(=O)(=O)N1CCCC1)C2. The molecule has 0 unspecified atom stereocenters. The van der Waals surface area contributed by atoms with Crippen molar-refractivity contribution in [1.82, 2.24) is 4.31 Å². The molecule has 1 atom stereocenters. The second kappa shape index (κ2) is 5.38. The van der Waals surface area contributed by atoms with Gasteiger partial charge in [0.1, 0.15) is 0 Å². The molecule has 0 aromatic heterocycles. The number of hydrogen-bond donors (Lipinski definition) is 0. The lowest BCUT2D eigenvalue weighted by molar-refractivity contribution is -0.385. The lowest BCUT2D eigenvalue weighted by Crippen LogP contribution is -2.33. The zero-order valence-electron chi connectivity index (χ0n) is 11.7. The monoisotopic (exact) mass is 310 g/mol. The van der Waals surface area contributed by atoms with Gasteiger partial charge in [0.15, 0.2) is 0 Å². The number of rotatable bonds is 4. The van der Waals surface area contributed by atoms with Crippen molar-refractivity contribution in [3.8, 4) is 0 Å². The van der Waals surface area contributed by atoms with Crippen LogP contribution in [0.2, 0.25) is 0 Å². The fraction of sp³-hybridized carbons (Fsp3) is 0.571. The van der Waals surface area contributed by atoms with E-state index in [1.54, 1.807) is 10.4 Å². The first-order chi connectivity index (χ1) is 9.97. The van der Waals surface area contributed by atoms with Crippen molar-refractivity contribution < 1.29 is 13.3 Å². The number of nitrogens with zero attached hydrogens (tertiary/aromatic N) is 2. The quantitative estimate of drug-likeness (QED) is 0.626. The Labute approximate surface area is 124 Å². The maximum Gasteiger partial charge on any atom is 0.272 e. The highest BCUT2D eigenvalue weighted by atomic mass is 32.2. The van der Waals surface area contributed by atoms with Crippen LogP contribution in [0.1, 0.15) is 24.0 Å². The molecule has 21 heavy (non-hydrogen) atoms. The third-order valence-electron chi connectivity index (χ3n) is 4.35. The fourth-order valence-corrected chi connectivity index (χ4v) is 5.24. The Balaban J connectivity index is 1.76. The second-order valence-electron chi connectivity index (χ2n) is 5.83. The van der Waals surface area contributed by atoms with Crippen LogP contribution in [-0.2, 0) is 22.9 Å². The van der Waals surface area contributed by atoms with Gasteiger partial charge >= 0.3 is 0 Å². The molecule has 1 aliphatic carbocycles. The Bertz CT molecular complexity index is 666. The Morgan fingerprint density at radius 2 is 1.95 bits per heavy atom. The second-order valence-corrected chi connectivity index (χ2v) is 7.84. The average Bonchev–Trinajstić information content (AvgIpc) is 3.06. The number of sulfonamides is 1. The van der Waals surface area contributed by atoms with Crippen molar-refractivity contribution in [3.05, 3.63) is 39.4 Å². The van der Waals surface area contributed by atoms with Gasteiger partial charge in [-0.25, -0.2) is 12.7 Å². The highest BCUT2D eigenvalue weighted by Gasteiger charge is 2.34. The number of nitro benzene ring substituents is 1. The number of hydrogen-bond acceptors (Lipinski definition) is 4. The minimum atomic E-state index is -3.23. The van der Waals surface area contributed by atoms with E-state index in [1.165, 1.54) is 6.07 Å². The molecule has 0 spiro atoms. The van der Waals surface area contributed by atoms with Crippen LogP contribution in [0, 0.1) is 16.0 Å². The van der Waals surface area contributed by atoms with Crippen molar-refractivity contribution >= 4 is 15.7 Å². The Hall–Kier alpha value is -1.47. The molecule has 1 heterocycles. The van der Waals surface area contributed by atoms with Gasteiger partial charge in [-0.05, 0) is 37.2 Å². The lowest BCUT2D eigenvalue weighted by atomic mass is 10.1. The van der Waals surface area contributed by atoms with E-state index in [1.807, 2.05) is 6.07 Å². The summed E-state index contributed by atoms with van der Waals surface area (Å²) in [6.07, 6.45) is 2.95. The molecular formula is C14H18N2O4S. The topological polar surface area (TPSA) is 80.5 Å².